The lowest BCUT2D eigenvalue weighted by molar-refractivity contribution is 0.249. The minimum Gasteiger partial charge on any atom is -0.207 e. The van der Waals surface area contributed by atoms with Gasteiger partial charge in [0, 0.05) is 11.1 Å². The van der Waals surface area contributed by atoms with Gasteiger partial charge >= 0.3 is 0 Å². The average Bonchev–Trinajstić information content (AvgIpc) is 2.75. The quantitative estimate of drug-likeness (QED) is 0.307. The van der Waals surface area contributed by atoms with Crippen LogP contribution < -0.4 is 0 Å². The van der Waals surface area contributed by atoms with Gasteiger partial charge in [-0.25, -0.2) is 13.2 Å². The first-order valence-electron chi connectivity index (χ1n) is 11.2. The van der Waals surface area contributed by atoms with Gasteiger partial charge in [0.1, 0.15) is 5.82 Å². The molecular weight excluding hydrogens is 369 g/mol. The average molecular weight is 403 g/mol. The minimum absolute atomic E-state index is 0.0152. The second-order valence-corrected chi connectivity index (χ2v) is 8.78. The maximum atomic E-state index is 14.2. The molecule has 0 unspecified atom stereocenters. The standard InChI is InChI=1S/C26H33F3/c1-3-4-5-6-19-7-9-20(10-8-19)11-12-21-13-15-22(16-14-21)23-17-24(27)18(2)25(28)26(23)29/h13-17,19-20H,3-12H2,1-2H3. The predicted octanol–water partition coefficient (Wildman–Crippen LogP) is 8.40. The molecule has 0 spiro atoms. The van der Waals surface area contributed by atoms with E-state index in [0.29, 0.717) is 5.56 Å². The van der Waals surface area contributed by atoms with Crippen molar-refractivity contribution in [3.8, 4) is 11.1 Å². The van der Waals surface area contributed by atoms with Crippen LogP contribution in [0.15, 0.2) is 30.3 Å². The van der Waals surface area contributed by atoms with Crippen molar-refractivity contribution in [1.82, 2.24) is 0 Å². The molecule has 0 aromatic heterocycles. The molecule has 2 aromatic rings. The highest BCUT2D eigenvalue weighted by atomic mass is 19.2. The van der Waals surface area contributed by atoms with E-state index in [9.17, 15) is 13.2 Å². The Morgan fingerprint density at radius 2 is 1.45 bits per heavy atom. The van der Waals surface area contributed by atoms with E-state index < -0.39 is 17.5 Å². The molecule has 1 aliphatic carbocycles. The Kier molecular flexibility index (Phi) is 7.80. The lowest BCUT2D eigenvalue weighted by Gasteiger charge is -2.28. The first-order chi connectivity index (χ1) is 14.0. The first-order valence-corrected chi connectivity index (χ1v) is 11.2. The largest absolute Gasteiger partial charge is 0.207 e. The van der Waals surface area contributed by atoms with Crippen molar-refractivity contribution in [1.29, 1.82) is 0 Å². The van der Waals surface area contributed by atoms with Crippen molar-refractivity contribution in [2.45, 2.75) is 78.1 Å². The summed E-state index contributed by atoms with van der Waals surface area (Å²) in [6, 6.07) is 8.54. The maximum Gasteiger partial charge on any atom is 0.167 e. The van der Waals surface area contributed by atoms with Gasteiger partial charge in [-0.2, -0.15) is 0 Å². The summed E-state index contributed by atoms with van der Waals surface area (Å²) in [5.41, 5.74) is 1.42. The third kappa shape index (κ3) is 5.65. The van der Waals surface area contributed by atoms with Crippen LogP contribution in [-0.2, 0) is 6.42 Å². The zero-order valence-corrected chi connectivity index (χ0v) is 17.7. The fourth-order valence-corrected chi connectivity index (χ4v) is 4.61. The smallest absolute Gasteiger partial charge is 0.167 e. The van der Waals surface area contributed by atoms with Gasteiger partial charge in [0.2, 0.25) is 0 Å². The number of unbranched alkanes of at least 4 members (excludes halogenated alkanes) is 2. The van der Waals surface area contributed by atoms with Crippen LogP contribution in [0.5, 0.6) is 0 Å². The molecule has 0 radical (unpaired) electrons. The number of halogens is 3. The Morgan fingerprint density at radius 3 is 2.07 bits per heavy atom. The van der Waals surface area contributed by atoms with Crippen molar-refractivity contribution in [3.63, 3.8) is 0 Å². The molecule has 0 bridgehead atoms. The Bertz CT molecular complexity index is 787. The topological polar surface area (TPSA) is 0 Å². The van der Waals surface area contributed by atoms with Crippen molar-refractivity contribution < 1.29 is 13.2 Å². The highest BCUT2D eigenvalue weighted by Crippen LogP contribution is 2.34. The van der Waals surface area contributed by atoms with Crippen LogP contribution in [0.4, 0.5) is 13.2 Å². The van der Waals surface area contributed by atoms with Crippen LogP contribution in [0.1, 0.15) is 75.8 Å². The Labute approximate surface area is 173 Å². The summed E-state index contributed by atoms with van der Waals surface area (Å²) in [6.45, 7) is 3.51. The Hall–Kier alpha value is -1.77. The molecular formula is C26H33F3. The molecule has 0 atom stereocenters. The van der Waals surface area contributed by atoms with Crippen LogP contribution in [0.2, 0.25) is 0 Å². The molecule has 0 aliphatic heterocycles. The number of benzene rings is 2. The van der Waals surface area contributed by atoms with E-state index in [4.69, 9.17) is 0 Å². The van der Waals surface area contributed by atoms with E-state index in [1.165, 1.54) is 70.3 Å². The van der Waals surface area contributed by atoms with Crippen molar-refractivity contribution in [2.75, 3.05) is 0 Å². The molecule has 3 heteroatoms. The van der Waals surface area contributed by atoms with Gasteiger partial charge in [0.25, 0.3) is 0 Å². The molecule has 29 heavy (non-hydrogen) atoms. The normalized spacial score (nSPS) is 19.5. The number of rotatable bonds is 8. The first kappa shape index (κ1) is 21.9. The third-order valence-corrected chi connectivity index (χ3v) is 6.68. The third-order valence-electron chi connectivity index (χ3n) is 6.68. The van der Waals surface area contributed by atoms with E-state index in [1.54, 1.807) is 12.1 Å². The summed E-state index contributed by atoms with van der Waals surface area (Å²) < 4.78 is 41.9. The van der Waals surface area contributed by atoms with Gasteiger partial charge in [-0.15, -0.1) is 0 Å². The maximum absolute atomic E-state index is 14.2. The van der Waals surface area contributed by atoms with Crippen LogP contribution in [0.3, 0.4) is 0 Å². The summed E-state index contributed by atoms with van der Waals surface area (Å²) in [5.74, 6) is -1.06. The van der Waals surface area contributed by atoms with E-state index >= 15 is 0 Å². The summed E-state index contributed by atoms with van der Waals surface area (Å²) >= 11 is 0. The molecule has 3 rings (SSSR count). The van der Waals surface area contributed by atoms with Gasteiger partial charge in [0.15, 0.2) is 11.6 Å². The minimum atomic E-state index is -1.10. The van der Waals surface area contributed by atoms with Gasteiger partial charge < -0.3 is 0 Å². The lowest BCUT2D eigenvalue weighted by atomic mass is 9.78. The van der Waals surface area contributed by atoms with Crippen molar-refractivity contribution in [2.24, 2.45) is 11.8 Å². The van der Waals surface area contributed by atoms with Crippen LogP contribution in [-0.4, -0.2) is 0 Å². The highest BCUT2D eigenvalue weighted by Gasteiger charge is 2.21. The van der Waals surface area contributed by atoms with E-state index in [-0.39, 0.29) is 11.1 Å². The van der Waals surface area contributed by atoms with Gasteiger partial charge in [-0.1, -0.05) is 82.6 Å². The Balaban J connectivity index is 1.52. The molecule has 158 valence electrons. The molecule has 1 saturated carbocycles. The predicted molar refractivity (Wildman–Crippen MR) is 114 cm³/mol. The lowest BCUT2D eigenvalue weighted by Crippen LogP contribution is -2.15. The van der Waals surface area contributed by atoms with E-state index in [0.717, 1.165) is 24.3 Å². The molecule has 1 fully saturated rings. The molecule has 0 saturated heterocycles. The molecule has 0 nitrogen and oxygen atoms in total. The molecule has 1 aliphatic rings. The molecule has 0 amide bonds. The SMILES string of the molecule is CCCCCC1CCC(CCc2ccc(-c3cc(F)c(C)c(F)c3F)cc2)CC1. The highest BCUT2D eigenvalue weighted by molar-refractivity contribution is 5.65. The van der Waals surface area contributed by atoms with Gasteiger partial charge in [0.05, 0.1) is 0 Å². The fraction of sp³-hybridized carbons (Fsp3) is 0.538. The van der Waals surface area contributed by atoms with Crippen LogP contribution >= 0.6 is 0 Å². The number of aryl methyl sites for hydroxylation is 1. The summed E-state index contributed by atoms with van der Waals surface area (Å²) in [4.78, 5) is 0. The molecule has 0 heterocycles. The second kappa shape index (κ2) is 10.3. The summed E-state index contributed by atoms with van der Waals surface area (Å²) in [5, 5.41) is 0. The van der Waals surface area contributed by atoms with Crippen molar-refractivity contribution >= 4 is 0 Å². The zero-order chi connectivity index (χ0) is 20.8. The number of hydrogen-bond acceptors (Lipinski definition) is 0. The van der Waals surface area contributed by atoms with Crippen LogP contribution in [0.25, 0.3) is 11.1 Å². The second-order valence-electron chi connectivity index (χ2n) is 8.78. The zero-order valence-electron chi connectivity index (χ0n) is 17.7. The summed E-state index contributed by atoms with van der Waals surface area (Å²) in [6.07, 6.45) is 13.1. The van der Waals surface area contributed by atoms with E-state index in [1.807, 2.05) is 12.1 Å². The van der Waals surface area contributed by atoms with Gasteiger partial charge in [-0.05, 0) is 48.8 Å². The van der Waals surface area contributed by atoms with Crippen LogP contribution in [0, 0.1) is 36.2 Å². The molecule has 0 N–H and O–H groups in total. The van der Waals surface area contributed by atoms with E-state index in [2.05, 4.69) is 6.92 Å². The Morgan fingerprint density at radius 1 is 0.828 bits per heavy atom. The summed E-state index contributed by atoms with van der Waals surface area (Å²) in [7, 11) is 0. The number of hydrogen-bond donors (Lipinski definition) is 0. The van der Waals surface area contributed by atoms with Gasteiger partial charge in [-0.3, -0.25) is 0 Å². The fourth-order valence-electron chi connectivity index (χ4n) is 4.61. The van der Waals surface area contributed by atoms with Crippen molar-refractivity contribution in [3.05, 3.63) is 58.9 Å². The monoisotopic (exact) mass is 402 g/mol. The molecule has 2 aromatic carbocycles.